The van der Waals surface area contributed by atoms with Crippen LogP contribution < -0.4 is 10.6 Å². The van der Waals surface area contributed by atoms with Crippen LogP contribution in [0, 0.1) is 6.92 Å². The molecule has 22 heavy (non-hydrogen) atoms. The van der Waals surface area contributed by atoms with Crippen molar-refractivity contribution in [2.45, 2.75) is 45.7 Å². The van der Waals surface area contributed by atoms with Crippen LogP contribution in [0.25, 0.3) is 0 Å². The zero-order valence-corrected chi connectivity index (χ0v) is 14.4. The van der Waals surface area contributed by atoms with Crippen molar-refractivity contribution in [3.8, 4) is 0 Å². The Bertz CT molecular complexity index is 619. The van der Waals surface area contributed by atoms with Gasteiger partial charge < -0.3 is 15.2 Å². The Morgan fingerprint density at radius 2 is 2.18 bits per heavy atom. The fourth-order valence-electron chi connectivity index (χ4n) is 2.31. The van der Waals surface area contributed by atoms with Crippen LogP contribution in [0.15, 0.2) is 23.7 Å². The number of carbonyl (C=O) groups excluding carboxylic acids is 1. The van der Waals surface area contributed by atoms with E-state index in [9.17, 15) is 4.79 Å². The van der Waals surface area contributed by atoms with E-state index in [1.165, 1.54) is 5.69 Å². The van der Waals surface area contributed by atoms with Crippen LogP contribution in [-0.2, 0) is 13.5 Å². The number of hydrogen-bond acceptors (Lipinski definition) is 3. The van der Waals surface area contributed by atoms with E-state index in [2.05, 4.69) is 26.3 Å². The molecule has 0 aliphatic carbocycles. The average molecular weight is 320 g/mol. The second kappa shape index (κ2) is 7.45. The van der Waals surface area contributed by atoms with Gasteiger partial charge in [0.1, 0.15) is 0 Å². The molecule has 2 aromatic heterocycles. The molecule has 0 aliphatic heterocycles. The molecule has 0 fully saturated rings. The molecule has 0 spiro atoms. The van der Waals surface area contributed by atoms with Crippen molar-refractivity contribution < 1.29 is 4.79 Å². The van der Waals surface area contributed by atoms with Gasteiger partial charge >= 0.3 is 6.03 Å². The first kappa shape index (κ1) is 16.5. The summed E-state index contributed by atoms with van der Waals surface area (Å²) >= 11 is 1.60. The first-order chi connectivity index (χ1) is 10.5. The molecule has 0 radical (unpaired) electrons. The Balaban J connectivity index is 1.75. The highest BCUT2D eigenvalue weighted by atomic mass is 32.1. The molecule has 0 aromatic carbocycles. The maximum Gasteiger partial charge on any atom is 0.315 e. The second-order valence-electron chi connectivity index (χ2n) is 5.68. The highest BCUT2D eigenvalue weighted by molar-refractivity contribution is 7.09. The van der Waals surface area contributed by atoms with Crippen LogP contribution in [-0.4, -0.2) is 21.6 Å². The van der Waals surface area contributed by atoms with Crippen LogP contribution in [0.4, 0.5) is 4.79 Å². The van der Waals surface area contributed by atoms with E-state index in [0.29, 0.717) is 0 Å². The van der Waals surface area contributed by atoms with E-state index in [-0.39, 0.29) is 18.1 Å². The Kier molecular flexibility index (Phi) is 5.60. The normalized spacial score (nSPS) is 13.6. The Morgan fingerprint density at radius 1 is 1.41 bits per heavy atom. The minimum Gasteiger partial charge on any atom is -0.354 e. The highest BCUT2D eigenvalue weighted by Crippen LogP contribution is 2.15. The molecule has 0 saturated heterocycles. The number of carbonyl (C=O) groups is 1. The van der Waals surface area contributed by atoms with E-state index < -0.39 is 0 Å². The third-order valence-corrected chi connectivity index (χ3v) is 4.48. The summed E-state index contributed by atoms with van der Waals surface area (Å²) in [6.07, 6.45) is 3.90. The summed E-state index contributed by atoms with van der Waals surface area (Å²) in [7, 11) is 2.04. The van der Waals surface area contributed by atoms with Crippen molar-refractivity contribution in [1.82, 2.24) is 20.2 Å². The Morgan fingerprint density at radius 3 is 2.77 bits per heavy atom. The lowest BCUT2D eigenvalue weighted by Gasteiger charge is -2.17. The van der Waals surface area contributed by atoms with Gasteiger partial charge in [-0.15, -0.1) is 11.3 Å². The molecule has 5 nitrogen and oxygen atoms in total. The largest absolute Gasteiger partial charge is 0.354 e. The maximum absolute atomic E-state index is 12.0. The van der Waals surface area contributed by atoms with Crippen molar-refractivity contribution in [3.05, 3.63) is 40.1 Å². The minimum atomic E-state index is -0.141. The van der Waals surface area contributed by atoms with Gasteiger partial charge in [0.15, 0.2) is 0 Å². The fourth-order valence-corrected chi connectivity index (χ4v) is 3.01. The molecular formula is C16H24N4OS. The molecule has 0 saturated carbocycles. The van der Waals surface area contributed by atoms with Crippen LogP contribution in [0.1, 0.15) is 42.7 Å². The standard InChI is InChI=1S/C16H24N4OS/c1-11(7-8-14-6-5-9-20(14)4)17-16(21)18-12(2)15-10-22-13(3)19-15/h5-6,9-12H,7-8H2,1-4H3,(H2,17,18,21)/t11-,12+/m0/s1. The van der Waals surface area contributed by atoms with E-state index in [1.54, 1.807) is 11.3 Å². The molecule has 2 N–H and O–H groups in total. The van der Waals surface area contributed by atoms with Crippen LogP contribution >= 0.6 is 11.3 Å². The zero-order valence-electron chi connectivity index (χ0n) is 13.6. The smallest absolute Gasteiger partial charge is 0.315 e. The summed E-state index contributed by atoms with van der Waals surface area (Å²) < 4.78 is 2.11. The van der Waals surface area contributed by atoms with Gasteiger partial charge in [0.2, 0.25) is 0 Å². The molecule has 0 aliphatic rings. The van der Waals surface area contributed by atoms with Gasteiger partial charge in [-0.05, 0) is 45.7 Å². The summed E-state index contributed by atoms with van der Waals surface area (Å²) in [5, 5.41) is 8.92. The fraction of sp³-hybridized carbons (Fsp3) is 0.500. The van der Waals surface area contributed by atoms with E-state index in [0.717, 1.165) is 23.5 Å². The van der Waals surface area contributed by atoms with E-state index >= 15 is 0 Å². The molecule has 2 aromatic rings. The number of nitrogens with zero attached hydrogens (tertiary/aromatic N) is 2. The van der Waals surface area contributed by atoms with Gasteiger partial charge in [-0.1, -0.05) is 0 Å². The predicted octanol–water partition coefficient (Wildman–Crippen LogP) is 3.17. The lowest BCUT2D eigenvalue weighted by atomic mass is 10.1. The first-order valence-electron chi connectivity index (χ1n) is 7.55. The molecule has 120 valence electrons. The number of urea groups is 1. The van der Waals surface area contributed by atoms with Gasteiger partial charge in [-0.3, -0.25) is 0 Å². The average Bonchev–Trinajstić information content (AvgIpc) is 3.05. The van der Waals surface area contributed by atoms with Crippen molar-refractivity contribution in [1.29, 1.82) is 0 Å². The van der Waals surface area contributed by atoms with Crippen molar-refractivity contribution in [2.24, 2.45) is 7.05 Å². The van der Waals surface area contributed by atoms with Gasteiger partial charge in [0.25, 0.3) is 0 Å². The number of rotatable bonds is 6. The van der Waals surface area contributed by atoms with E-state index in [4.69, 9.17) is 0 Å². The molecule has 2 rings (SSSR count). The van der Waals surface area contributed by atoms with Crippen LogP contribution in [0.2, 0.25) is 0 Å². The summed E-state index contributed by atoms with van der Waals surface area (Å²) in [6, 6.07) is 4.05. The summed E-state index contributed by atoms with van der Waals surface area (Å²) in [5.41, 5.74) is 2.19. The number of hydrogen-bond donors (Lipinski definition) is 2. The molecular weight excluding hydrogens is 296 g/mol. The van der Waals surface area contributed by atoms with Gasteiger partial charge in [-0.25, -0.2) is 9.78 Å². The molecule has 2 atom stereocenters. The monoisotopic (exact) mass is 320 g/mol. The third-order valence-electron chi connectivity index (χ3n) is 3.69. The molecule has 0 bridgehead atoms. The molecule has 2 heterocycles. The molecule has 0 unspecified atom stereocenters. The Labute approximate surface area is 135 Å². The third kappa shape index (κ3) is 4.59. The topological polar surface area (TPSA) is 59.0 Å². The van der Waals surface area contributed by atoms with Crippen molar-refractivity contribution in [2.75, 3.05) is 0 Å². The predicted molar refractivity (Wildman–Crippen MR) is 90.1 cm³/mol. The lowest BCUT2D eigenvalue weighted by Crippen LogP contribution is -2.42. The summed E-state index contributed by atoms with van der Waals surface area (Å²) in [5.74, 6) is 0. The maximum atomic E-state index is 12.0. The number of nitrogens with one attached hydrogen (secondary N) is 2. The highest BCUT2D eigenvalue weighted by Gasteiger charge is 2.14. The number of amides is 2. The molecule has 6 heteroatoms. The first-order valence-corrected chi connectivity index (χ1v) is 8.43. The van der Waals surface area contributed by atoms with Crippen LogP contribution in [0.3, 0.4) is 0 Å². The van der Waals surface area contributed by atoms with Gasteiger partial charge in [0, 0.05) is 30.4 Å². The summed E-state index contributed by atoms with van der Waals surface area (Å²) in [6.45, 7) is 5.94. The minimum absolute atomic E-state index is 0.0787. The zero-order chi connectivity index (χ0) is 16.1. The number of aromatic nitrogens is 2. The second-order valence-corrected chi connectivity index (χ2v) is 6.74. The van der Waals surface area contributed by atoms with E-state index in [1.807, 2.05) is 45.5 Å². The van der Waals surface area contributed by atoms with Crippen LogP contribution in [0.5, 0.6) is 0 Å². The number of thiazole rings is 1. The number of aryl methyl sites for hydroxylation is 3. The van der Waals surface area contributed by atoms with Crippen molar-refractivity contribution >= 4 is 17.4 Å². The van der Waals surface area contributed by atoms with Crippen molar-refractivity contribution in [3.63, 3.8) is 0 Å². The quantitative estimate of drug-likeness (QED) is 0.859. The Hall–Kier alpha value is -1.82. The SMILES string of the molecule is Cc1nc([C@@H](C)NC(=O)N[C@@H](C)CCc2cccn2C)cs1. The van der Waals surface area contributed by atoms with Gasteiger partial charge in [-0.2, -0.15) is 0 Å². The molecule has 2 amide bonds. The van der Waals surface area contributed by atoms with Gasteiger partial charge in [0.05, 0.1) is 16.7 Å². The summed E-state index contributed by atoms with van der Waals surface area (Å²) in [4.78, 5) is 16.4. The lowest BCUT2D eigenvalue weighted by molar-refractivity contribution is 0.234.